The second-order valence-corrected chi connectivity index (χ2v) is 11.5. The molecule has 1 spiro atoms. The lowest BCUT2D eigenvalue weighted by Gasteiger charge is -2.64. The van der Waals surface area contributed by atoms with Gasteiger partial charge in [0.2, 0.25) is 0 Å². The normalized spacial score (nSPS) is 51.6. The number of rotatable bonds is 4. The van der Waals surface area contributed by atoms with Gasteiger partial charge in [-0.25, -0.2) is 0 Å². The van der Waals surface area contributed by atoms with Gasteiger partial charge >= 0.3 is 5.97 Å². The van der Waals surface area contributed by atoms with Gasteiger partial charge in [-0.1, -0.05) is 25.5 Å². The van der Waals surface area contributed by atoms with Crippen LogP contribution in [-0.4, -0.2) is 33.5 Å². The molecule has 4 saturated carbocycles. The lowest BCUT2D eigenvalue weighted by atomic mass is 9.41. The zero-order valence-corrected chi connectivity index (χ0v) is 18.0. The molecule has 0 saturated heterocycles. The number of carboxylic acids is 1. The minimum atomic E-state index is -0.693. The number of carboxylic acid groups (broad SMARTS) is 1. The third-order valence-electron chi connectivity index (χ3n) is 10.4. The lowest BCUT2D eigenvalue weighted by Crippen LogP contribution is -2.60. The highest BCUT2D eigenvalue weighted by molar-refractivity contribution is 5.66. The van der Waals surface area contributed by atoms with Crippen LogP contribution in [0.3, 0.4) is 0 Å². The number of allylic oxidation sites excluding steroid dienone is 2. The first kappa shape index (κ1) is 20.1. The van der Waals surface area contributed by atoms with Gasteiger partial charge in [-0.2, -0.15) is 0 Å². The van der Waals surface area contributed by atoms with E-state index in [1.54, 1.807) is 0 Å². The molecule has 0 bridgehead atoms. The molecule has 10 atom stereocenters. The third-order valence-corrected chi connectivity index (χ3v) is 10.4. The molecule has 0 amide bonds. The average Bonchev–Trinajstić information content (AvgIpc) is 2.94. The maximum absolute atomic E-state index is 11.3. The minimum Gasteiger partial charge on any atom is -0.481 e. The SMILES string of the molecule is CC(CCC(=O)O)C1=CC23CCC4C(C2CCC13)[C@@H](O)CC1C[C@H](O)CCC14C. The molecule has 5 aliphatic rings. The molecule has 4 fully saturated rings. The summed E-state index contributed by atoms with van der Waals surface area (Å²) in [7, 11) is 0. The van der Waals surface area contributed by atoms with Crippen LogP contribution in [0.1, 0.15) is 78.1 Å². The highest BCUT2D eigenvalue weighted by atomic mass is 16.4. The Bertz CT molecular complexity index is 716. The van der Waals surface area contributed by atoms with Gasteiger partial charge in [-0.05, 0) is 104 Å². The summed E-state index contributed by atoms with van der Waals surface area (Å²) in [5.41, 5.74) is 2.09. The first-order chi connectivity index (χ1) is 13.8. The molecule has 0 radical (unpaired) electrons. The molecule has 0 heterocycles. The van der Waals surface area contributed by atoms with Crippen LogP contribution in [0.15, 0.2) is 11.6 Å². The fourth-order valence-corrected chi connectivity index (χ4v) is 9.00. The van der Waals surface area contributed by atoms with E-state index >= 15 is 0 Å². The monoisotopic (exact) mass is 402 g/mol. The summed E-state index contributed by atoms with van der Waals surface area (Å²) in [5.74, 6) is 2.39. The van der Waals surface area contributed by atoms with Crippen LogP contribution in [0.5, 0.6) is 0 Å². The van der Waals surface area contributed by atoms with Crippen molar-refractivity contribution < 1.29 is 20.1 Å². The van der Waals surface area contributed by atoms with E-state index in [0.29, 0.717) is 35.5 Å². The Balaban J connectivity index is 1.38. The molecule has 0 aromatic carbocycles. The average molecular weight is 403 g/mol. The van der Waals surface area contributed by atoms with Gasteiger partial charge in [0.25, 0.3) is 0 Å². The highest BCUT2D eigenvalue weighted by Crippen LogP contribution is 2.72. The molecule has 4 nitrogen and oxygen atoms in total. The molecule has 3 N–H and O–H groups in total. The highest BCUT2D eigenvalue weighted by Gasteiger charge is 2.66. The number of aliphatic hydroxyl groups excluding tert-OH is 2. The van der Waals surface area contributed by atoms with E-state index in [-0.39, 0.29) is 29.5 Å². The van der Waals surface area contributed by atoms with Gasteiger partial charge < -0.3 is 15.3 Å². The lowest BCUT2D eigenvalue weighted by molar-refractivity contribution is -0.169. The number of aliphatic carboxylic acids is 1. The summed E-state index contributed by atoms with van der Waals surface area (Å²) >= 11 is 0. The van der Waals surface area contributed by atoms with Crippen LogP contribution in [0.25, 0.3) is 0 Å². The third kappa shape index (κ3) is 2.81. The van der Waals surface area contributed by atoms with Gasteiger partial charge in [-0.3, -0.25) is 4.79 Å². The van der Waals surface area contributed by atoms with Crippen molar-refractivity contribution in [1.29, 1.82) is 0 Å². The van der Waals surface area contributed by atoms with E-state index in [4.69, 9.17) is 5.11 Å². The van der Waals surface area contributed by atoms with Crippen molar-refractivity contribution in [3.8, 4) is 0 Å². The van der Waals surface area contributed by atoms with Gasteiger partial charge in [-0.15, -0.1) is 0 Å². The van der Waals surface area contributed by atoms with E-state index in [9.17, 15) is 15.0 Å². The Hall–Kier alpha value is -0.870. The predicted octanol–water partition coefficient (Wildman–Crippen LogP) is 4.40. The molecule has 162 valence electrons. The van der Waals surface area contributed by atoms with Crippen molar-refractivity contribution >= 4 is 5.97 Å². The Morgan fingerprint density at radius 2 is 1.93 bits per heavy atom. The van der Waals surface area contributed by atoms with E-state index in [1.807, 2.05) is 0 Å². The standard InChI is InChI=1S/C25H38O4/c1-14(3-6-22(28)29)17-13-25-10-8-19-23(20(25)5-4-18(17)25)21(27)12-15-11-16(26)7-9-24(15,19)2/h13-16,18-21,23,26-27H,3-12H2,1-2H3,(H,28,29)/t14?,15?,16-,18?,19?,20?,21+,23?,24?,25?/m1/s1. The van der Waals surface area contributed by atoms with E-state index < -0.39 is 5.97 Å². The molecule has 5 aliphatic carbocycles. The summed E-state index contributed by atoms with van der Waals surface area (Å²) in [6, 6.07) is 0. The largest absolute Gasteiger partial charge is 0.481 e. The second-order valence-electron chi connectivity index (χ2n) is 11.5. The van der Waals surface area contributed by atoms with Crippen LogP contribution in [0.2, 0.25) is 0 Å². The van der Waals surface area contributed by atoms with Crippen molar-refractivity contribution in [3.63, 3.8) is 0 Å². The zero-order valence-electron chi connectivity index (χ0n) is 18.0. The number of carbonyl (C=O) groups is 1. The van der Waals surface area contributed by atoms with Crippen LogP contribution < -0.4 is 0 Å². The maximum Gasteiger partial charge on any atom is 0.303 e. The van der Waals surface area contributed by atoms with Crippen LogP contribution >= 0.6 is 0 Å². The first-order valence-electron chi connectivity index (χ1n) is 12.1. The fraction of sp³-hybridized carbons (Fsp3) is 0.880. The Labute approximate surface area is 174 Å². The van der Waals surface area contributed by atoms with Crippen molar-refractivity contribution in [2.75, 3.05) is 0 Å². The van der Waals surface area contributed by atoms with Crippen molar-refractivity contribution in [1.82, 2.24) is 0 Å². The minimum absolute atomic E-state index is 0.174. The van der Waals surface area contributed by atoms with E-state index in [0.717, 1.165) is 32.1 Å². The summed E-state index contributed by atoms with van der Waals surface area (Å²) < 4.78 is 0. The quantitative estimate of drug-likeness (QED) is 0.609. The van der Waals surface area contributed by atoms with Gasteiger partial charge in [0.15, 0.2) is 0 Å². The summed E-state index contributed by atoms with van der Waals surface area (Å²) in [6.45, 7) is 4.67. The van der Waals surface area contributed by atoms with E-state index in [1.165, 1.54) is 31.3 Å². The van der Waals surface area contributed by atoms with Crippen molar-refractivity contribution in [3.05, 3.63) is 11.6 Å². The van der Waals surface area contributed by atoms with Crippen molar-refractivity contribution in [2.45, 2.75) is 90.3 Å². The molecule has 0 aliphatic heterocycles. The van der Waals surface area contributed by atoms with Crippen LogP contribution in [0, 0.1) is 46.3 Å². The van der Waals surface area contributed by atoms with Crippen LogP contribution in [-0.2, 0) is 4.79 Å². The molecule has 4 heteroatoms. The summed E-state index contributed by atoms with van der Waals surface area (Å²) in [6.07, 6.45) is 11.9. The molecule has 8 unspecified atom stereocenters. The molecule has 5 rings (SSSR count). The Morgan fingerprint density at radius 1 is 1.14 bits per heavy atom. The number of fused-ring (bicyclic) bond motifs is 4. The zero-order chi connectivity index (χ0) is 20.6. The second kappa shape index (κ2) is 6.82. The smallest absolute Gasteiger partial charge is 0.303 e. The Morgan fingerprint density at radius 3 is 2.69 bits per heavy atom. The van der Waals surface area contributed by atoms with Gasteiger partial charge in [0.1, 0.15) is 0 Å². The van der Waals surface area contributed by atoms with Gasteiger partial charge in [0.05, 0.1) is 12.2 Å². The molecular weight excluding hydrogens is 364 g/mol. The number of aliphatic hydroxyl groups is 2. The number of hydrogen-bond acceptors (Lipinski definition) is 3. The Kier molecular flexibility index (Phi) is 4.71. The fourth-order valence-electron chi connectivity index (χ4n) is 9.00. The summed E-state index contributed by atoms with van der Waals surface area (Å²) in [4.78, 5) is 11.0. The molecule has 29 heavy (non-hydrogen) atoms. The first-order valence-corrected chi connectivity index (χ1v) is 12.1. The molecule has 0 aromatic heterocycles. The maximum atomic E-state index is 11.3. The molecular formula is C25H38O4. The van der Waals surface area contributed by atoms with Crippen LogP contribution in [0.4, 0.5) is 0 Å². The predicted molar refractivity (Wildman–Crippen MR) is 111 cm³/mol. The topological polar surface area (TPSA) is 77.8 Å². The van der Waals surface area contributed by atoms with E-state index in [2.05, 4.69) is 19.9 Å². The summed E-state index contributed by atoms with van der Waals surface area (Å²) in [5, 5.41) is 30.5. The number of hydrogen-bond donors (Lipinski definition) is 3. The van der Waals surface area contributed by atoms with Gasteiger partial charge in [0, 0.05) is 6.42 Å². The van der Waals surface area contributed by atoms with Crippen molar-refractivity contribution in [2.24, 2.45) is 46.3 Å². The molecule has 0 aromatic rings.